The first-order valence-corrected chi connectivity index (χ1v) is 4.23. The van der Waals surface area contributed by atoms with Crippen molar-refractivity contribution in [2.45, 2.75) is 6.54 Å². The maximum atomic E-state index is 5.30. The van der Waals surface area contributed by atoms with Crippen molar-refractivity contribution in [1.29, 1.82) is 0 Å². The standard InChI is InChI=1S/C7H12N4O2/c8-7-9-6(10-13-7)5-11-1-3-12-4-2-11/h1-5H2,(H2,8,9,10). The second-order valence-electron chi connectivity index (χ2n) is 2.94. The van der Waals surface area contributed by atoms with Crippen LogP contribution in [0.4, 0.5) is 6.01 Å². The minimum atomic E-state index is 0.128. The Morgan fingerprint density at radius 1 is 1.38 bits per heavy atom. The van der Waals surface area contributed by atoms with Gasteiger partial charge in [0.15, 0.2) is 5.82 Å². The summed E-state index contributed by atoms with van der Waals surface area (Å²) in [5.74, 6) is 0.638. The number of anilines is 1. The Labute approximate surface area is 75.6 Å². The van der Waals surface area contributed by atoms with Crippen LogP contribution in [0.1, 0.15) is 5.82 Å². The van der Waals surface area contributed by atoms with E-state index in [-0.39, 0.29) is 6.01 Å². The number of nitrogen functional groups attached to an aromatic ring is 1. The Balaban J connectivity index is 1.89. The van der Waals surface area contributed by atoms with Gasteiger partial charge in [-0.05, 0) is 0 Å². The maximum Gasteiger partial charge on any atom is 0.318 e. The van der Waals surface area contributed by atoms with Crippen LogP contribution in [0.15, 0.2) is 4.52 Å². The maximum absolute atomic E-state index is 5.30. The Morgan fingerprint density at radius 2 is 2.15 bits per heavy atom. The monoisotopic (exact) mass is 184 g/mol. The van der Waals surface area contributed by atoms with Gasteiger partial charge in [-0.15, -0.1) is 0 Å². The van der Waals surface area contributed by atoms with Crippen molar-refractivity contribution in [2.75, 3.05) is 32.0 Å². The minimum absolute atomic E-state index is 0.128. The summed E-state index contributed by atoms with van der Waals surface area (Å²) in [6.07, 6.45) is 0. The van der Waals surface area contributed by atoms with E-state index >= 15 is 0 Å². The first-order chi connectivity index (χ1) is 6.34. The van der Waals surface area contributed by atoms with E-state index in [1.54, 1.807) is 0 Å². The van der Waals surface area contributed by atoms with Gasteiger partial charge in [-0.25, -0.2) is 0 Å². The highest BCUT2D eigenvalue weighted by Crippen LogP contribution is 2.04. The number of nitrogens with zero attached hydrogens (tertiary/aromatic N) is 3. The highest BCUT2D eigenvalue weighted by atomic mass is 16.5. The number of aromatic nitrogens is 2. The van der Waals surface area contributed by atoms with Gasteiger partial charge in [0, 0.05) is 13.1 Å². The van der Waals surface area contributed by atoms with Crippen LogP contribution < -0.4 is 5.73 Å². The third kappa shape index (κ3) is 2.16. The molecule has 2 rings (SSSR count). The summed E-state index contributed by atoms with van der Waals surface area (Å²) in [5.41, 5.74) is 5.30. The quantitative estimate of drug-likeness (QED) is 0.666. The van der Waals surface area contributed by atoms with Crippen LogP contribution in [0.5, 0.6) is 0 Å². The molecule has 1 aliphatic rings. The molecule has 0 spiro atoms. The summed E-state index contributed by atoms with van der Waals surface area (Å²) < 4.78 is 9.88. The zero-order chi connectivity index (χ0) is 9.10. The van der Waals surface area contributed by atoms with Gasteiger partial charge < -0.3 is 15.0 Å². The van der Waals surface area contributed by atoms with Gasteiger partial charge in [0.2, 0.25) is 0 Å². The van der Waals surface area contributed by atoms with E-state index in [4.69, 9.17) is 10.5 Å². The van der Waals surface area contributed by atoms with Crippen molar-refractivity contribution in [3.8, 4) is 0 Å². The molecule has 13 heavy (non-hydrogen) atoms. The molecule has 0 saturated carbocycles. The van der Waals surface area contributed by atoms with Gasteiger partial charge in [-0.1, -0.05) is 5.16 Å². The molecule has 1 aromatic heterocycles. The number of hydrogen-bond acceptors (Lipinski definition) is 6. The van der Waals surface area contributed by atoms with Gasteiger partial charge >= 0.3 is 6.01 Å². The van der Waals surface area contributed by atoms with Gasteiger partial charge in [0.25, 0.3) is 0 Å². The molecular weight excluding hydrogens is 172 g/mol. The SMILES string of the molecule is Nc1nc(CN2CCOCC2)no1. The van der Waals surface area contributed by atoms with Crippen molar-refractivity contribution in [1.82, 2.24) is 15.0 Å². The van der Waals surface area contributed by atoms with Gasteiger partial charge in [0.05, 0.1) is 19.8 Å². The summed E-state index contributed by atoms with van der Waals surface area (Å²) in [4.78, 5) is 6.12. The first kappa shape index (κ1) is 8.46. The fourth-order valence-corrected chi connectivity index (χ4v) is 1.29. The molecule has 0 bridgehead atoms. The molecule has 6 heteroatoms. The van der Waals surface area contributed by atoms with E-state index in [1.807, 2.05) is 0 Å². The second kappa shape index (κ2) is 3.71. The molecule has 0 atom stereocenters. The molecule has 72 valence electrons. The Bertz CT molecular complexity index is 269. The van der Waals surface area contributed by atoms with Crippen molar-refractivity contribution in [3.05, 3.63) is 5.82 Å². The lowest BCUT2D eigenvalue weighted by Crippen LogP contribution is -2.35. The van der Waals surface area contributed by atoms with Crippen molar-refractivity contribution < 1.29 is 9.26 Å². The third-order valence-corrected chi connectivity index (χ3v) is 1.95. The molecule has 1 aliphatic heterocycles. The lowest BCUT2D eigenvalue weighted by Gasteiger charge is -2.24. The van der Waals surface area contributed by atoms with Crippen LogP contribution in [0.2, 0.25) is 0 Å². The number of ether oxygens (including phenoxy) is 1. The summed E-state index contributed by atoms with van der Waals surface area (Å²) in [5, 5.41) is 3.72. The van der Waals surface area contributed by atoms with Crippen molar-refractivity contribution >= 4 is 6.01 Å². The number of nitrogens with two attached hydrogens (primary N) is 1. The molecule has 0 aliphatic carbocycles. The Morgan fingerprint density at radius 3 is 2.77 bits per heavy atom. The van der Waals surface area contributed by atoms with Crippen molar-refractivity contribution in [2.24, 2.45) is 0 Å². The van der Waals surface area contributed by atoms with Gasteiger partial charge in [0.1, 0.15) is 0 Å². The van der Waals surface area contributed by atoms with E-state index in [2.05, 4.69) is 19.6 Å². The normalized spacial score (nSPS) is 19.1. The Kier molecular flexibility index (Phi) is 2.42. The third-order valence-electron chi connectivity index (χ3n) is 1.95. The molecule has 0 amide bonds. The van der Waals surface area contributed by atoms with Crippen LogP contribution in [0.3, 0.4) is 0 Å². The van der Waals surface area contributed by atoms with Crippen LogP contribution in [-0.2, 0) is 11.3 Å². The summed E-state index contributed by atoms with van der Waals surface area (Å²) in [6, 6.07) is 0.128. The van der Waals surface area contributed by atoms with E-state index < -0.39 is 0 Å². The topological polar surface area (TPSA) is 77.4 Å². The number of hydrogen-bond donors (Lipinski definition) is 1. The molecule has 2 N–H and O–H groups in total. The predicted molar refractivity (Wildman–Crippen MR) is 44.8 cm³/mol. The molecule has 1 fully saturated rings. The molecule has 1 aromatic rings. The fraction of sp³-hybridized carbons (Fsp3) is 0.714. The molecule has 6 nitrogen and oxygen atoms in total. The van der Waals surface area contributed by atoms with E-state index in [9.17, 15) is 0 Å². The van der Waals surface area contributed by atoms with Crippen LogP contribution >= 0.6 is 0 Å². The van der Waals surface area contributed by atoms with Crippen LogP contribution in [0, 0.1) is 0 Å². The molecular formula is C7H12N4O2. The zero-order valence-corrected chi connectivity index (χ0v) is 7.27. The molecule has 1 saturated heterocycles. The first-order valence-electron chi connectivity index (χ1n) is 4.23. The zero-order valence-electron chi connectivity index (χ0n) is 7.27. The largest absolute Gasteiger partial charge is 0.379 e. The molecule has 0 unspecified atom stereocenters. The fourth-order valence-electron chi connectivity index (χ4n) is 1.29. The van der Waals surface area contributed by atoms with E-state index in [0.717, 1.165) is 26.3 Å². The van der Waals surface area contributed by atoms with Crippen LogP contribution in [-0.4, -0.2) is 41.3 Å². The summed E-state index contributed by atoms with van der Waals surface area (Å²) in [7, 11) is 0. The second-order valence-corrected chi connectivity index (χ2v) is 2.94. The van der Waals surface area contributed by atoms with E-state index in [1.165, 1.54) is 0 Å². The highest BCUT2D eigenvalue weighted by Gasteiger charge is 2.13. The number of rotatable bonds is 2. The molecule has 0 radical (unpaired) electrons. The molecule has 0 aromatic carbocycles. The predicted octanol–water partition coefficient (Wildman–Crippen LogP) is -0.516. The average molecular weight is 184 g/mol. The lowest BCUT2D eigenvalue weighted by molar-refractivity contribution is 0.0327. The van der Waals surface area contributed by atoms with Crippen molar-refractivity contribution in [3.63, 3.8) is 0 Å². The minimum Gasteiger partial charge on any atom is -0.379 e. The highest BCUT2D eigenvalue weighted by molar-refractivity contribution is 5.06. The lowest BCUT2D eigenvalue weighted by atomic mass is 10.4. The average Bonchev–Trinajstić information content (AvgIpc) is 2.53. The van der Waals surface area contributed by atoms with Crippen LogP contribution in [0.25, 0.3) is 0 Å². The van der Waals surface area contributed by atoms with E-state index in [0.29, 0.717) is 12.4 Å². The number of morpholine rings is 1. The summed E-state index contributed by atoms with van der Waals surface area (Å²) in [6.45, 7) is 4.05. The van der Waals surface area contributed by atoms with Gasteiger partial charge in [-0.3, -0.25) is 4.90 Å². The van der Waals surface area contributed by atoms with Gasteiger partial charge in [-0.2, -0.15) is 4.98 Å². The summed E-state index contributed by atoms with van der Waals surface area (Å²) >= 11 is 0. The Hall–Kier alpha value is -1.14. The molecule has 2 heterocycles. The smallest absolute Gasteiger partial charge is 0.318 e.